The minimum absolute atomic E-state index is 0.226. The molecule has 0 amide bonds. The Bertz CT molecular complexity index is 895. The van der Waals surface area contributed by atoms with Crippen molar-refractivity contribution in [2.24, 2.45) is 0 Å². The fraction of sp³-hybridized carbons (Fsp3) is 0.357. The lowest BCUT2D eigenvalue weighted by molar-refractivity contribution is -0.321. The average molecular weight is 466 g/mol. The van der Waals surface area contributed by atoms with Gasteiger partial charge in [-0.25, -0.2) is 0 Å². The molecule has 6 nitrogen and oxygen atoms in total. The Morgan fingerprint density at radius 3 is 1.44 bits per heavy atom. The van der Waals surface area contributed by atoms with Crippen molar-refractivity contribution < 1.29 is 28.8 Å². The first kappa shape index (κ1) is 24.5. The van der Waals surface area contributed by atoms with Crippen molar-refractivity contribution in [3.05, 3.63) is 108 Å². The van der Waals surface area contributed by atoms with E-state index in [-0.39, 0.29) is 6.61 Å². The zero-order valence-corrected chi connectivity index (χ0v) is 19.4. The molecule has 180 valence electrons. The molecule has 0 radical (unpaired) electrons. The molecule has 1 fully saturated rings. The normalized spacial score (nSPS) is 24.7. The first-order valence-electron chi connectivity index (χ1n) is 11.5. The van der Waals surface area contributed by atoms with E-state index in [1.165, 1.54) is 0 Å². The van der Waals surface area contributed by atoms with E-state index in [0.717, 1.165) is 16.7 Å². The van der Waals surface area contributed by atoms with Gasteiger partial charge in [-0.3, -0.25) is 0 Å². The van der Waals surface area contributed by atoms with Crippen LogP contribution in [0.1, 0.15) is 16.7 Å². The maximum absolute atomic E-state index is 10.1. The summed E-state index contributed by atoms with van der Waals surface area (Å²) in [6.45, 7) is 0.876. The van der Waals surface area contributed by atoms with E-state index in [1.807, 2.05) is 91.0 Å². The van der Waals surface area contributed by atoms with Gasteiger partial charge in [0.1, 0.15) is 24.4 Å². The molecule has 4 rings (SSSR count). The first-order chi connectivity index (χ1) is 16.8. The van der Waals surface area contributed by atoms with Crippen LogP contribution in [0.2, 0.25) is 0 Å². The summed E-state index contributed by atoms with van der Waals surface area (Å²) in [5.41, 5.74) is 3.09. The molecule has 1 heterocycles. The molecule has 1 aliphatic rings. The van der Waals surface area contributed by atoms with Crippen LogP contribution in [0.25, 0.3) is 0 Å². The van der Waals surface area contributed by atoms with Crippen LogP contribution in [0.15, 0.2) is 91.0 Å². The third kappa shape index (κ3) is 6.51. The predicted octanol–water partition coefficient (Wildman–Crippen LogP) is 4.11. The molecule has 0 bridgehead atoms. The van der Waals surface area contributed by atoms with Crippen molar-refractivity contribution in [2.45, 2.75) is 50.5 Å². The number of aliphatic hydroxyl groups excluding tert-OH is 1. The van der Waals surface area contributed by atoms with E-state index in [1.54, 1.807) is 7.11 Å². The monoisotopic (exact) mass is 465 g/mol. The third-order valence-electron chi connectivity index (χ3n) is 5.86. The Labute approximate surface area is 201 Å². The van der Waals surface area contributed by atoms with E-state index in [4.69, 9.17) is 23.7 Å². The van der Waals surface area contributed by atoms with Crippen molar-refractivity contribution in [2.75, 3.05) is 13.7 Å². The number of ether oxygens (including phenoxy) is 5. The lowest BCUT2D eigenvalue weighted by Crippen LogP contribution is -2.61. The van der Waals surface area contributed by atoms with Crippen molar-refractivity contribution in [3.63, 3.8) is 0 Å². The number of aliphatic hydroxyl groups is 1. The first-order valence-corrected chi connectivity index (χ1v) is 11.5. The maximum atomic E-state index is 10.1. The minimum atomic E-state index is -0.710. The van der Waals surface area contributed by atoms with E-state index < -0.39 is 30.7 Å². The molecule has 1 N–H and O–H groups in total. The summed E-state index contributed by atoms with van der Waals surface area (Å²) in [5.74, 6) is 0. The van der Waals surface area contributed by atoms with Crippen LogP contribution in [0, 0.1) is 0 Å². The lowest BCUT2D eigenvalue weighted by atomic mass is 10.0. The zero-order chi connectivity index (χ0) is 23.6. The van der Waals surface area contributed by atoms with E-state index in [0.29, 0.717) is 19.8 Å². The molecule has 1 aliphatic heterocycles. The molecule has 0 saturated carbocycles. The van der Waals surface area contributed by atoms with Gasteiger partial charge in [0.05, 0.1) is 26.4 Å². The average Bonchev–Trinajstić information content (AvgIpc) is 2.91. The van der Waals surface area contributed by atoms with Crippen molar-refractivity contribution >= 4 is 0 Å². The summed E-state index contributed by atoms with van der Waals surface area (Å²) in [4.78, 5) is 0. The van der Waals surface area contributed by atoms with Crippen LogP contribution in [0.4, 0.5) is 0 Å². The highest BCUT2D eigenvalue weighted by atomic mass is 16.7. The topological polar surface area (TPSA) is 66.4 Å². The molecule has 34 heavy (non-hydrogen) atoms. The van der Waals surface area contributed by atoms with E-state index in [2.05, 4.69) is 0 Å². The van der Waals surface area contributed by atoms with E-state index in [9.17, 15) is 5.11 Å². The summed E-state index contributed by atoms with van der Waals surface area (Å²) in [6, 6.07) is 29.8. The van der Waals surface area contributed by atoms with Crippen molar-refractivity contribution in [1.29, 1.82) is 0 Å². The molecule has 1 saturated heterocycles. The number of methoxy groups -OCH3 is 1. The van der Waals surface area contributed by atoms with Crippen LogP contribution in [0.3, 0.4) is 0 Å². The molecule has 0 aliphatic carbocycles. The number of hydrogen-bond donors (Lipinski definition) is 1. The largest absolute Gasteiger partial charge is 0.394 e. The Kier molecular flexibility index (Phi) is 9.21. The Hall–Kier alpha value is -2.58. The van der Waals surface area contributed by atoms with Crippen LogP contribution in [0.5, 0.6) is 0 Å². The summed E-state index contributed by atoms with van der Waals surface area (Å²) >= 11 is 0. The smallest absolute Gasteiger partial charge is 0.186 e. The summed E-state index contributed by atoms with van der Waals surface area (Å²) in [7, 11) is 1.57. The Balaban J connectivity index is 1.56. The fourth-order valence-electron chi connectivity index (χ4n) is 4.08. The summed E-state index contributed by atoms with van der Waals surface area (Å²) < 4.78 is 30.7. The van der Waals surface area contributed by atoms with Gasteiger partial charge in [0, 0.05) is 7.11 Å². The molecular weight excluding hydrogens is 433 g/mol. The van der Waals surface area contributed by atoms with Gasteiger partial charge in [-0.05, 0) is 16.7 Å². The minimum Gasteiger partial charge on any atom is -0.394 e. The van der Waals surface area contributed by atoms with Gasteiger partial charge in [-0.15, -0.1) is 0 Å². The van der Waals surface area contributed by atoms with Crippen LogP contribution in [-0.2, 0) is 43.5 Å². The summed E-state index contributed by atoms with van der Waals surface area (Å²) in [5, 5.41) is 10.1. The highest BCUT2D eigenvalue weighted by molar-refractivity contribution is 5.15. The fourth-order valence-corrected chi connectivity index (χ4v) is 4.08. The molecule has 5 atom stereocenters. The van der Waals surface area contributed by atoms with Gasteiger partial charge < -0.3 is 28.8 Å². The van der Waals surface area contributed by atoms with Crippen molar-refractivity contribution in [1.82, 2.24) is 0 Å². The van der Waals surface area contributed by atoms with E-state index >= 15 is 0 Å². The highest BCUT2D eigenvalue weighted by Gasteiger charge is 2.48. The molecular formula is C28H32O6. The van der Waals surface area contributed by atoms with Crippen LogP contribution < -0.4 is 0 Å². The van der Waals surface area contributed by atoms with Crippen LogP contribution in [-0.4, -0.2) is 49.5 Å². The number of rotatable bonds is 11. The Morgan fingerprint density at radius 2 is 1.03 bits per heavy atom. The number of benzene rings is 3. The maximum Gasteiger partial charge on any atom is 0.186 e. The SMILES string of the molecule is CO[C@H]1O[C@H]([13CH2]O)[C@@H](OCc2ccccc2)[C@H](OCc2ccccc2)[C@H]1OCc1ccccc1. The van der Waals surface area contributed by atoms with Gasteiger partial charge >= 0.3 is 0 Å². The molecule has 0 aromatic heterocycles. The van der Waals surface area contributed by atoms with Gasteiger partial charge in [0.15, 0.2) is 6.29 Å². The second kappa shape index (κ2) is 12.8. The summed E-state index contributed by atoms with van der Waals surface area (Å²) in [6.07, 6.45) is -2.97. The lowest BCUT2D eigenvalue weighted by Gasteiger charge is -2.45. The predicted molar refractivity (Wildman–Crippen MR) is 128 cm³/mol. The van der Waals surface area contributed by atoms with Gasteiger partial charge in [-0.2, -0.15) is 0 Å². The molecule has 0 unspecified atom stereocenters. The second-order valence-corrected chi connectivity index (χ2v) is 8.24. The highest BCUT2D eigenvalue weighted by Crippen LogP contribution is 2.30. The zero-order valence-electron chi connectivity index (χ0n) is 19.4. The molecule has 3 aromatic carbocycles. The van der Waals surface area contributed by atoms with Crippen molar-refractivity contribution in [3.8, 4) is 0 Å². The van der Waals surface area contributed by atoms with Gasteiger partial charge in [0.25, 0.3) is 0 Å². The molecule has 0 spiro atoms. The quantitative estimate of drug-likeness (QED) is 0.430. The standard InChI is InChI=1S/C28H32O6/c1-30-28-27(33-20-23-15-9-4-10-16-23)26(32-19-22-13-7-3-8-14-22)25(24(17-29)34-28)31-18-21-11-5-2-6-12-21/h2-16,24-29H,17-20H2,1H3/t24-,25-,26+,27-,28+/m1/s1/i17+1. The van der Waals surface area contributed by atoms with Gasteiger partial charge in [0.2, 0.25) is 0 Å². The number of hydrogen-bond acceptors (Lipinski definition) is 6. The Morgan fingerprint density at radius 1 is 0.618 bits per heavy atom. The molecule has 3 aromatic rings. The second-order valence-electron chi connectivity index (χ2n) is 8.24. The van der Waals surface area contributed by atoms with Crippen LogP contribution >= 0.6 is 0 Å². The van der Waals surface area contributed by atoms with Gasteiger partial charge in [-0.1, -0.05) is 91.0 Å². The molecule has 6 heteroatoms. The third-order valence-corrected chi connectivity index (χ3v) is 5.86.